The molecule has 0 amide bonds. The second-order valence-electron chi connectivity index (χ2n) is 7.09. The number of piperidine rings is 1. The van der Waals surface area contributed by atoms with E-state index in [9.17, 15) is 0 Å². The first kappa shape index (κ1) is 19.2. The highest BCUT2D eigenvalue weighted by Gasteiger charge is 2.41. The lowest BCUT2D eigenvalue weighted by molar-refractivity contribution is 0.0992. The Bertz CT molecular complexity index is 393. The number of halogens is 1. The Morgan fingerprint density at radius 3 is 2.78 bits per heavy atom. The predicted octanol–water partition coefficient (Wildman–Crippen LogP) is 2.35. The van der Waals surface area contributed by atoms with Gasteiger partial charge in [-0.3, -0.25) is 4.99 Å². The lowest BCUT2D eigenvalue weighted by Crippen LogP contribution is -2.48. The molecule has 0 saturated carbocycles. The van der Waals surface area contributed by atoms with Crippen molar-refractivity contribution >= 4 is 29.9 Å². The number of nitrogens with one attached hydrogen (secondary N) is 2. The Morgan fingerprint density at radius 2 is 2.13 bits per heavy atom. The van der Waals surface area contributed by atoms with E-state index in [0.717, 1.165) is 25.0 Å². The van der Waals surface area contributed by atoms with E-state index in [1.807, 2.05) is 7.05 Å². The molecule has 2 bridgehead atoms. The van der Waals surface area contributed by atoms with E-state index in [1.165, 1.54) is 51.6 Å². The van der Waals surface area contributed by atoms with Crippen molar-refractivity contribution in [2.24, 2.45) is 4.99 Å². The second kappa shape index (κ2) is 9.42. The molecule has 3 fully saturated rings. The van der Waals surface area contributed by atoms with Crippen LogP contribution < -0.4 is 10.6 Å². The summed E-state index contributed by atoms with van der Waals surface area (Å²) in [6.07, 6.45) is 9.77. The van der Waals surface area contributed by atoms with Crippen LogP contribution in [0.5, 0.6) is 0 Å². The van der Waals surface area contributed by atoms with E-state index in [4.69, 9.17) is 4.74 Å². The molecule has 6 heteroatoms. The second-order valence-corrected chi connectivity index (χ2v) is 7.09. The Labute approximate surface area is 158 Å². The number of ether oxygens (including phenoxy) is 1. The summed E-state index contributed by atoms with van der Waals surface area (Å²) in [7, 11) is 1.86. The Kier molecular flexibility index (Phi) is 7.88. The highest BCUT2D eigenvalue weighted by Crippen LogP contribution is 2.34. The Balaban J connectivity index is 0.00000192. The SMILES string of the molecule is CN=C(NCCCN1CCCCC1C)NC1CC2CCC1O2.I. The average molecular weight is 436 g/mol. The Hall–Kier alpha value is -0.0800. The van der Waals surface area contributed by atoms with Crippen molar-refractivity contribution in [3.63, 3.8) is 0 Å². The smallest absolute Gasteiger partial charge is 0.191 e. The van der Waals surface area contributed by atoms with Gasteiger partial charge in [0.15, 0.2) is 5.96 Å². The predicted molar refractivity (Wildman–Crippen MR) is 106 cm³/mol. The topological polar surface area (TPSA) is 48.9 Å². The first-order valence-corrected chi connectivity index (χ1v) is 9.13. The highest BCUT2D eigenvalue weighted by molar-refractivity contribution is 14.0. The maximum absolute atomic E-state index is 5.90. The summed E-state index contributed by atoms with van der Waals surface area (Å²) in [5, 5.41) is 7.01. The number of hydrogen-bond acceptors (Lipinski definition) is 3. The molecule has 0 aliphatic carbocycles. The standard InChI is InChI=1S/C17H32N4O.HI/c1-13-6-3-4-10-21(13)11-5-9-19-17(18-2)20-15-12-14-7-8-16(15)22-14;/h13-16H,3-12H2,1-2H3,(H2,18,19,20);1H. The van der Waals surface area contributed by atoms with E-state index in [0.29, 0.717) is 18.2 Å². The molecule has 2 N–H and O–H groups in total. The number of aliphatic imine (C=N–C) groups is 1. The molecule has 4 unspecified atom stereocenters. The van der Waals surface area contributed by atoms with Crippen LogP contribution in [0.2, 0.25) is 0 Å². The molecule has 3 rings (SSSR count). The number of nitrogens with zero attached hydrogens (tertiary/aromatic N) is 2. The first-order chi connectivity index (χ1) is 10.8. The van der Waals surface area contributed by atoms with Crippen molar-refractivity contribution in [1.29, 1.82) is 0 Å². The third-order valence-electron chi connectivity index (χ3n) is 5.51. The lowest BCUT2D eigenvalue weighted by atomic mass is 9.96. The normalized spacial score (nSPS) is 34.3. The molecule has 0 aromatic carbocycles. The molecule has 3 aliphatic rings. The van der Waals surface area contributed by atoms with Crippen LogP contribution >= 0.6 is 24.0 Å². The van der Waals surface area contributed by atoms with Crippen molar-refractivity contribution in [3.8, 4) is 0 Å². The summed E-state index contributed by atoms with van der Waals surface area (Å²) in [5.74, 6) is 0.938. The van der Waals surface area contributed by atoms with Gasteiger partial charge in [0, 0.05) is 26.2 Å². The summed E-state index contributed by atoms with van der Waals surface area (Å²) in [6, 6.07) is 1.21. The van der Waals surface area contributed by atoms with Crippen LogP contribution in [0.1, 0.15) is 51.9 Å². The van der Waals surface area contributed by atoms with Crippen molar-refractivity contribution in [3.05, 3.63) is 0 Å². The molecule has 0 aromatic rings. The fourth-order valence-electron chi connectivity index (χ4n) is 4.14. The van der Waals surface area contributed by atoms with Gasteiger partial charge in [0.05, 0.1) is 18.2 Å². The molecule has 0 radical (unpaired) electrons. The minimum Gasteiger partial charge on any atom is -0.373 e. The molecular weight excluding hydrogens is 403 g/mol. The summed E-state index contributed by atoms with van der Waals surface area (Å²) in [5.41, 5.74) is 0. The van der Waals surface area contributed by atoms with Gasteiger partial charge in [0.2, 0.25) is 0 Å². The molecule has 4 atom stereocenters. The van der Waals surface area contributed by atoms with Crippen molar-refractivity contribution in [1.82, 2.24) is 15.5 Å². The summed E-state index contributed by atoms with van der Waals surface area (Å²) in [4.78, 5) is 6.99. The van der Waals surface area contributed by atoms with Gasteiger partial charge in [-0.25, -0.2) is 0 Å². The lowest BCUT2D eigenvalue weighted by Gasteiger charge is -2.33. The van der Waals surface area contributed by atoms with Crippen molar-refractivity contribution in [2.75, 3.05) is 26.7 Å². The van der Waals surface area contributed by atoms with Gasteiger partial charge >= 0.3 is 0 Å². The van der Waals surface area contributed by atoms with E-state index < -0.39 is 0 Å². The van der Waals surface area contributed by atoms with E-state index in [1.54, 1.807) is 0 Å². The van der Waals surface area contributed by atoms with Gasteiger partial charge < -0.3 is 20.3 Å². The zero-order valence-electron chi connectivity index (χ0n) is 14.6. The van der Waals surface area contributed by atoms with Gasteiger partial charge in [-0.15, -0.1) is 24.0 Å². The zero-order chi connectivity index (χ0) is 15.4. The number of hydrogen-bond donors (Lipinski definition) is 2. The third kappa shape index (κ3) is 5.19. The fraction of sp³-hybridized carbons (Fsp3) is 0.941. The van der Waals surface area contributed by atoms with E-state index in [-0.39, 0.29) is 24.0 Å². The Morgan fingerprint density at radius 1 is 1.26 bits per heavy atom. The quantitative estimate of drug-likeness (QED) is 0.301. The number of rotatable bonds is 5. The van der Waals surface area contributed by atoms with Gasteiger partial charge in [0.1, 0.15) is 0 Å². The summed E-state index contributed by atoms with van der Waals surface area (Å²) < 4.78 is 5.90. The number of fused-ring (bicyclic) bond motifs is 2. The maximum Gasteiger partial charge on any atom is 0.191 e. The van der Waals surface area contributed by atoms with Crippen LogP contribution in [0, 0.1) is 0 Å². The van der Waals surface area contributed by atoms with E-state index in [2.05, 4.69) is 27.4 Å². The molecule has 3 heterocycles. The largest absolute Gasteiger partial charge is 0.373 e. The molecule has 0 spiro atoms. The minimum atomic E-state index is 0. The molecule has 0 aromatic heterocycles. The van der Waals surface area contributed by atoms with Crippen molar-refractivity contribution < 1.29 is 4.74 Å². The molecule has 5 nitrogen and oxygen atoms in total. The van der Waals surface area contributed by atoms with Crippen LogP contribution in [0.25, 0.3) is 0 Å². The maximum atomic E-state index is 5.90. The zero-order valence-corrected chi connectivity index (χ0v) is 16.9. The molecule has 23 heavy (non-hydrogen) atoms. The molecular formula is C17H33IN4O. The van der Waals surface area contributed by atoms with Crippen molar-refractivity contribution in [2.45, 2.75) is 76.2 Å². The van der Waals surface area contributed by atoms with Gasteiger partial charge in [-0.1, -0.05) is 6.42 Å². The summed E-state index contributed by atoms with van der Waals surface area (Å²) in [6.45, 7) is 5.83. The van der Waals surface area contributed by atoms with Crippen LogP contribution in [-0.4, -0.2) is 61.8 Å². The van der Waals surface area contributed by atoms with Gasteiger partial charge in [-0.05, 0) is 52.0 Å². The molecule has 3 saturated heterocycles. The average Bonchev–Trinajstić information content (AvgIpc) is 3.14. The van der Waals surface area contributed by atoms with Crippen LogP contribution in [-0.2, 0) is 4.74 Å². The van der Waals surface area contributed by atoms with Crippen LogP contribution in [0.15, 0.2) is 4.99 Å². The van der Waals surface area contributed by atoms with Gasteiger partial charge in [0.25, 0.3) is 0 Å². The molecule has 3 aliphatic heterocycles. The number of guanidine groups is 1. The van der Waals surface area contributed by atoms with Gasteiger partial charge in [-0.2, -0.15) is 0 Å². The summed E-state index contributed by atoms with van der Waals surface area (Å²) >= 11 is 0. The van der Waals surface area contributed by atoms with Crippen LogP contribution in [0.4, 0.5) is 0 Å². The minimum absolute atomic E-state index is 0. The third-order valence-corrected chi connectivity index (χ3v) is 5.51. The monoisotopic (exact) mass is 436 g/mol. The number of likely N-dealkylation sites (tertiary alicyclic amines) is 1. The fourth-order valence-corrected chi connectivity index (χ4v) is 4.14. The highest BCUT2D eigenvalue weighted by atomic mass is 127. The first-order valence-electron chi connectivity index (χ1n) is 9.13. The van der Waals surface area contributed by atoms with E-state index >= 15 is 0 Å². The molecule has 134 valence electrons. The van der Waals surface area contributed by atoms with Crippen LogP contribution in [0.3, 0.4) is 0 Å².